The maximum atomic E-state index is 12.5. The van der Waals surface area contributed by atoms with E-state index < -0.39 is 0 Å². The van der Waals surface area contributed by atoms with Gasteiger partial charge in [-0.1, -0.05) is 18.2 Å². The summed E-state index contributed by atoms with van der Waals surface area (Å²) in [5.74, 6) is 1.89. The molecular weight excluding hydrogens is 400 g/mol. The first kappa shape index (κ1) is 22.0. The molecule has 174 valence electrons. The molecule has 32 heavy (non-hydrogen) atoms. The predicted octanol–water partition coefficient (Wildman–Crippen LogP) is 5.10. The van der Waals surface area contributed by atoms with Crippen molar-refractivity contribution >= 4 is 16.9 Å². The van der Waals surface area contributed by atoms with Crippen LogP contribution in [0.5, 0.6) is 0 Å². The van der Waals surface area contributed by atoms with E-state index in [1.807, 2.05) is 12.3 Å². The molecule has 3 aliphatic rings. The lowest BCUT2D eigenvalue weighted by Gasteiger charge is -2.34. The van der Waals surface area contributed by atoms with Crippen LogP contribution in [0.4, 0.5) is 0 Å². The van der Waals surface area contributed by atoms with Gasteiger partial charge in [0.25, 0.3) is 0 Å². The molecule has 2 saturated heterocycles. The average molecular weight is 439 g/mol. The van der Waals surface area contributed by atoms with Gasteiger partial charge >= 0.3 is 0 Å². The SMILES string of the molecule is O=C(NC1CCC(CCN2CCC(c3coc4ccccc34)CC2)CC1)C1CCOCC1. The summed E-state index contributed by atoms with van der Waals surface area (Å²) in [6, 6.07) is 8.82. The quantitative estimate of drug-likeness (QED) is 0.681. The number of benzene rings is 1. The minimum Gasteiger partial charge on any atom is -0.464 e. The fraction of sp³-hybridized carbons (Fsp3) is 0.667. The van der Waals surface area contributed by atoms with Gasteiger partial charge in [-0.2, -0.15) is 0 Å². The van der Waals surface area contributed by atoms with Crippen LogP contribution >= 0.6 is 0 Å². The van der Waals surface area contributed by atoms with Crippen molar-refractivity contribution in [3.05, 3.63) is 36.1 Å². The van der Waals surface area contributed by atoms with E-state index in [1.54, 1.807) is 0 Å². The third-order valence-corrected chi connectivity index (χ3v) is 8.18. The van der Waals surface area contributed by atoms with Crippen LogP contribution in [0.15, 0.2) is 34.9 Å². The molecule has 1 aromatic carbocycles. The van der Waals surface area contributed by atoms with Gasteiger partial charge in [0.1, 0.15) is 5.58 Å². The van der Waals surface area contributed by atoms with Crippen LogP contribution in [-0.4, -0.2) is 49.7 Å². The Morgan fingerprint density at radius 2 is 1.72 bits per heavy atom. The first-order valence-electron chi connectivity index (χ1n) is 12.8. The molecule has 0 atom stereocenters. The highest BCUT2D eigenvalue weighted by molar-refractivity contribution is 5.81. The highest BCUT2D eigenvalue weighted by atomic mass is 16.5. The second-order valence-electron chi connectivity index (χ2n) is 10.2. The van der Waals surface area contributed by atoms with E-state index >= 15 is 0 Å². The molecule has 1 amide bonds. The summed E-state index contributed by atoms with van der Waals surface area (Å²) in [7, 11) is 0. The lowest BCUT2D eigenvalue weighted by Crippen LogP contribution is -2.42. The van der Waals surface area contributed by atoms with Crippen LogP contribution in [0.25, 0.3) is 11.0 Å². The lowest BCUT2D eigenvalue weighted by atomic mass is 9.83. The number of piperidine rings is 1. The normalized spacial score (nSPS) is 26.4. The first-order valence-corrected chi connectivity index (χ1v) is 12.8. The van der Waals surface area contributed by atoms with Crippen molar-refractivity contribution in [2.45, 2.75) is 69.7 Å². The fourth-order valence-electron chi connectivity index (χ4n) is 6.02. The molecule has 3 fully saturated rings. The molecule has 0 unspecified atom stereocenters. The predicted molar refractivity (Wildman–Crippen MR) is 127 cm³/mol. The van der Waals surface area contributed by atoms with E-state index in [0.717, 1.165) is 50.4 Å². The van der Waals surface area contributed by atoms with Crippen molar-refractivity contribution in [3.8, 4) is 0 Å². The van der Waals surface area contributed by atoms with E-state index in [-0.39, 0.29) is 11.8 Å². The summed E-state index contributed by atoms with van der Waals surface area (Å²) >= 11 is 0. The standard InChI is InChI=1S/C27H38N2O3/c30-27(22-12-17-31-18-13-22)28-23-7-5-20(6-8-23)9-14-29-15-10-21(11-16-29)25-19-32-26-4-2-1-3-24(25)26/h1-4,19-23H,5-18H2,(H,28,30). The number of fused-ring (bicyclic) bond motifs is 1. The molecule has 0 bridgehead atoms. The van der Waals surface area contributed by atoms with E-state index in [1.165, 1.54) is 62.7 Å². The molecular formula is C27H38N2O3. The van der Waals surface area contributed by atoms with Crippen LogP contribution < -0.4 is 5.32 Å². The molecule has 1 saturated carbocycles. The molecule has 2 aliphatic heterocycles. The minimum absolute atomic E-state index is 0.171. The Hall–Kier alpha value is -1.85. The average Bonchev–Trinajstić information content (AvgIpc) is 3.29. The highest BCUT2D eigenvalue weighted by Gasteiger charge is 2.28. The number of carbonyl (C=O) groups is 1. The molecule has 5 rings (SSSR count). The first-order chi connectivity index (χ1) is 15.8. The van der Waals surface area contributed by atoms with Crippen molar-refractivity contribution in [2.75, 3.05) is 32.8 Å². The molecule has 1 aliphatic carbocycles. The van der Waals surface area contributed by atoms with Gasteiger partial charge in [0.15, 0.2) is 0 Å². The largest absolute Gasteiger partial charge is 0.464 e. The second kappa shape index (κ2) is 10.4. The number of hydrogen-bond donors (Lipinski definition) is 1. The van der Waals surface area contributed by atoms with Gasteiger partial charge in [-0.15, -0.1) is 0 Å². The molecule has 5 heteroatoms. The number of para-hydroxylation sites is 1. The summed E-state index contributed by atoms with van der Waals surface area (Å²) in [6.07, 6.45) is 12.3. The topological polar surface area (TPSA) is 54.7 Å². The molecule has 0 radical (unpaired) electrons. The molecule has 3 heterocycles. The minimum atomic E-state index is 0.171. The van der Waals surface area contributed by atoms with Crippen LogP contribution in [0.3, 0.4) is 0 Å². The Morgan fingerprint density at radius 3 is 2.50 bits per heavy atom. The number of rotatable bonds is 6. The van der Waals surface area contributed by atoms with Crippen LogP contribution in [-0.2, 0) is 9.53 Å². The van der Waals surface area contributed by atoms with Crippen LogP contribution in [0.1, 0.15) is 69.3 Å². The van der Waals surface area contributed by atoms with Gasteiger partial charge in [0.2, 0.25) is 5.91 Å². The van der Waals surface area contributed by atoms with Gasteiger partial charge in [0, 0.05) is 36.1 Å². The number of carbonyl (C=O) groups excluding carboxylic acids is 1. The fourth-order valence-corrected chi connectivity index (χ4v) is 6.02. The maximum Gasteiger partial charge on any atom is 0.223 e. The maximum absolute atomic E-state index is 12.5. The van der Waals surface area contributed by atoms with E-state index in [2.05, 4.69) is 28.4 Å². The van der Waals surface area contributed by atoms with Gasteiger partial charge in [-0.25, -0.2) is 0 Å². The molecule has 0 spiro atoms. The van der Waals surface area contributed by atoms with E-state index in [9.17, 15) is 4.79 Å². The van der Waals surface area contributed by atoms with E-state index in [4.69, 9.17) is 9.15 Å². The summed E-state index contributed by atoms with van der Waals surface area (Å²) in [5.41, 5.74) is 2.42. The number of amides is 1. The summed E-state index contributed by atoms with van der Waals surface area (Å²) < 4.78 is 11.2. The number of ether oxygens (including phenoxy) is 1. The number of nitrogens with one attached hydrogen (secondary N) is 1. The zero-order chi connectivity index (χ0) is 21.8. The second-order valence-corrected chi connectivity index (χ2v) is 10.2. The lowest BCUT2D eigenvalue weighted by molar-refractivity contribution is -0.128. The van der Waals surface area contributed by atoms with Gasteiger partial charge in [-0.3, -0.25) is 4.79 Å². The van der Waals surface area contributed by atoms with Gasteiger partial charge < -0.3 is 19.4 Å². The molecule has 5 nitrogen and oxygen atoms in total. The number of furan rings is 1. The number of nitrogens with zero attached hydrogens (tertiary/aromatic N) is 1. The monoisotopic (exact) mass is 438 g/mol. The number of likely N-dealkylation sites (tertiary alicyclic amines) is 1. The Balaban J connectivity index is 1.01. The third kappa shape index (κ3) is 5.20. The Bertz CT molecular complexity index is 872. The van der Waals surface area contributed by atoms with Crippen molar-refractivity contribution in [2.24, 2.45) is 11.8 Å². The van der Waals surface area contributed by atoms with Crippen LogP contribution in [0.2, 0.25) is 0 Å². The van der Waals surface area contributed by atoms with Crippen molar-refractivity contribution < 1.29 is 13.9 Å². The van der Waals surface area contributed by atoms with Gasteiger partial charge in [-0.05, 0) is 95.3 Å². The summed E-state index contributed by atoms with van der Waals surface area (Å²) in [6.45, 7) is 5.09. The summed E-state index contributed by atoms with van der Waals surface area (Å²) in [5, 5.41) is 4.63. The zero-order valence-electron chi connectivity index (χ0n) is 19.3. The molecule has 1 aromatic heterocycles. The number of hydrogen-bond acceptors (Lipinski definition) is 4. The Morgan fingerprint density at radius 1 is 0.969 bits per heavy atom. The third-order valence-electron chi connectivity index (χ3n) is 8.18. The van der Waals surface area contributed by atoms with Crippen molar-refractivity contribution in [1.29, 1.82) is 0 Å². The Labute approximate surface area is 191 Å². The smallest absolute Gasteiger partial charge is 0.223 e. The zero-order valence-corrected chi connectivity index (χ0v) is 19.3. The summed E-state index contributed by atoms with van der Waals surface area (Å²) in [4.78, 5) is 15.1. The van der Waals surface area contributed by atoms with Gasteiger partial charge in [0.05, 0.1) is 6.26 Å². The van der Waals surface area contributed by atoms with Crippen LogP contribution in [0, 0.1) is 11.8 Å². The Kier molecular flexibility index (Phi) is 7.13. The molecule has 1 N–H and O–H groups in total. The molecule has 2 aromatic rings. The highest BCUT2D eigenvalue weighted by Crippen LogP contribution is 2.35. The van der Waals surface area contributed by atoms with Crippen molar-refractivity contribution in [3.63, 3.8) is 0 Å². The van der Waals surface area contributed by atoms with E-state index in [0.29, 0.717) is 12.0 Å². The van der Waals surface area contributed by atoms with Crippen molar-refractivity contribution in [1.82, 2.24) is 10.2 Å².